The predicted molar refractivity (Wildman–Crippen MR) is 76.0 cm³/mol. The van der Waals surface area contributed by atoms with Crippen LogP contribution in [0.15, 0.2) is 36.4 Å². The van der Waals surface area contributed by atoms with Crippen molar-refractivity contribution in [3.8, 4) is 11.5 Å². The lowest BCUT2D eigenvalue weighted by Crippen LogP contribution is -1.93. The Morgan fingerprint density at radius 1 is 1.05 bits per heavy atom. The van der Waals surface area contributed by atoms with E-state index in [1.807, 2.05) is 0 Å². The zero-order valence-corrected chi connectivity index (χ0v) is 11.5. The van der Waals surface area contributed by atoms with E-state index in [0.29, 0.717) is 11.3 Å². The molecule has 0 unspecified atom stereocenters. The van der Waals surface area contributed by atoms with Gasteiger partial charge in [0.15, 0.2) is 0 Å². The second-order valence-electron chi connectivity index (χ2n) is 4.18. The van der Waals surface area contributed by atoms with Gasteiger partial charge in [-0.05, 0) is 25.1 Å². The number of halogens is 1. The van der Waals surface area contributed by atoms with Gasteiger partial charge in [0.05, 0.1) is 14.9 Å². The third kappa shape index (κ3) is 3.26. The first kappa shape index (κ1) is 14.7. The first-order chi connectivity index (χ1) is 9.88. The number of hydrogen-bond donors (Lipinski definition) is 0. The maximum Gasteiger partial charge on any atom is 0.272 e. The van der Waals surface area contributed by atoms with E-state index in [0.717, 1.165) is 0 Å². The lowest BCUT2D eigenvalue weighted by Gasteiger charge is -2.08. The van der Waals surface area contributed by atoms with Gasteiger partial charge in [0.1, 0.15) is 11.5 Å². The van der Waals surface area contributed by atoms with Gasteiger partial charge in [-0.1, -0.05) is 11.6 Å². The molecule has 0 atom stereocenters. The Morgan fingerprint density at radius 2 is 1.76 bits per heavy atom. The minimum absolute atomic E-state index is 0.0165. The second kappa shape index (κ2) is 5.76. The molecule has 0 aliphatic heterocycles. The Kier molecular flexibility index (Phi) is 4.04. The van der Waals surface area contributed by atoms with Crippen LogP contribution in [0.1, 0.15) is 5.56 Å². The SMILES string of the molecule is Cc1cc(Oc2ccc([N+](=O)[O-])cc2Cl)ccc1[N+](=O)[O-]. The number of hydrogen-bond acceptors (Lipinski definition) is 5. The van der Waals surface area contributed by atoms with E-state index in [4.69, 9.17) is 16.3 Å². The number of ether oxygens (including phenoxy) is 1. The zero-order chi connectivity index (χ0) is 15.6. The van der Waals surface area contributed by atoms with Gasteiger partial charge in [0, 0.05) is 23.8 Å². The van der Waals surface area contributed by atoms with Gasteiger partial charge in [-0.25, -0.2) is 0 Å². The molecule has 0 saturated carbocycles. The van der Waals surface area contributed by atoms with E-state index < -0.39 is 9.85 Å². The maximum atomic E-state index is 10.7. The van der Waals surface area contributed by atoms with Crippen LogP contribution in [0.25, 0.3) is 0 Å². The monoisotopic (exact) mass is 308 g/mol. The van der Waals surface area contributed by atoms with Gasteiger partial charge in [-0.2, -0.15) is 0 Å². The third-order valence-electron chi connectivity index (χ3n) is 2.72. The quantitative estimate of drug-likeness (QED) is 0.621. The molecule has 0 N–H and O–H groups in total. The molecule has 2 aromatic rings. The van der Waals surface area contributed by atoms with Gasteiger partial charge < -0.3 is 4.74 Å². The van der Waals surface area contributed by atoms with Crippen LogP contribution in [0, 0.1) is 27.2 Å². The summed E-state index contributed by atoms with van der Waals surface area (Å²) >= 11 is 5.91. The first-order valence-electron chi connectivity index (χ1n) is 5.75. The van der Waals surface area contributed by atoms with E-state index in [2.05, 4.69) is 0 Å². The minimum Gasteiger partial charge on any atom is -0.456 e. The maximum absolute atomic E-state index is 10.7. The van der Waals surface area contributed by atoms with Crippen molar-refractivity contribution < 1.29 is 14.6 Å². The minimum atomic E-state index is -0.564. The van der Waals surface area contributed by atoms with Crippen LogP contribution >= 0.6 is 11.6 Å². The number of aryl methyl sites for hydroxylation is 1. The molecule has 2 aromatic carbocycles. The molecule has 8 heteroatoms. The van der Waals surface area contributed by atoms with Crippen LogP contribution in [0.3, 0.4) is 0 Å². The number of nitro groups is 2. The summed E-state index contributed by atoms with van der Waals surface area (Å²) in [7, 11) is 0. The summed E-state index contributed by atoms with van der Waals surface area (Å²) in [5, 5.41) is 21.4. The van der Waals surface area contributed by atoms with Gasteiger partial charge >= 0.3 is 0 Å². The van der Waals surface area contributed by atoms with Crippen LogP contribution in [0.4, 0.5) is 11.4 Å². The van der Waals surface area contributed by atoms with Crippen LogP contribution in [-0.4, -0.2) is 9.85 Å². The van der Waals surface area contributed by atoms with Gasteiger partial charge in [0.2, 0.25) is 0 Å². The molecule has 0 radical (unpaired) electrons. The van der Waals surface area contributed by atoms with Crippen LogP contribution in [0.5, 0.6) is 11.5 Å². The van der Waals surface area contributed by atoms with E-state index >= 15 is 0 Å². The second-order valence-corrected chi connectivity index (χ2v) is 4.59. The molecule has 21 heavy (non-hydrogen) atoms. The Hall–Kier alpha value is -2.67. The van der Waals surface area contributed by atoms with E-state index in [-0.39, 0.29) is 22.1 Å². The summed E-state index contributed by atoms with van der Waals surface area (Å²) in [4.78, 5) is 20.3. The highest BCUT2D eigenvalue weighted by molar-refractivity contribution is 6.32. The number of nitro benzene ring substituents is 2. The Balaban J connectivity index is 2.28. The fourth-order valence-electron chi connectivity index (χ4n) is 1.71. The van der Waals surface area contributed by atoms with Crippen LogP contribution in [-0.2, 0) is 0 Å². The van der Waals surface area contributed by atoms with E-state index in [9.17, 15) is 20.2 Å². The van der Waals surface area contributed by atoms with Crippen molar-refractivity contribution in [2.75, 3.05) is 0 Å². The van der Waals surface area contributed by atoms with Crippen molar-refractivity contribution >= 4 is 23.0 Å². The van der Waals surface area contributed by atoms with Crippen molar-refractivity contribution in [1.82, 2.24) is 0 Å². The molecule has 0 aliphatic rings. The molecular formula is C13H9ClN2O5. The topological polar surface area (TPSA) is 95.5 Å². The molecule has 0 spiro atoms. The molecule has 0 fully saturated rings. The standard InChI is InChI=1S/C13H9ClN2O5/c1-8-6-10(3-4-12(8)16(19)20)21-13-5-2-9(15(17)18)7-11(13)14/h2-7H,1H3. The number of nitrogens with zero attached hydrogens (tertiary/aromatic N) is 2. The third-order valence-corrected chi connectivity index (χ3v) is 3.01. The lowest BCUT2D eigenvalue weighted by atomic mass is 10.2. The average molecular weight is 309 g/mol. The summed E-state index contributed by atoms with van der Waals surface area (Å²) in [6, 6.07) is 8.06. The summed E-state index contributed by atoms with van der Waals surface area (Å²) in [6.45, 7) is 1.59. The highest BCUT2D eigenvalue weighted by Crippen LogP contribution is 2.33. The molecule has 0 heterocycles. The summed E-state index contributed by atoms with van der Waals surface area (Å²) in [5.41, 5.74) is 0.278. The Bertz CT molecular complexity index is 732. The summed E-state index contributed by atoms with van der Waals surface area (Å²) < 4.78 is 5.48. The molecule has 2 rings (SSSR count). The van der Waals surface area contributed by atoms with Crippen molar-refractivity contribution in [1.29, 1.82) is 0 Å². The molecule has 0 saturated heterocycles. The van der Waals surface area contributed by atoms with Crippen molar-refractivity contribution in [2.45, 2.75) is 6.92 Å². The largest absolute Gasteiger partial charge is 0.456 e. The number of rotatable bonds is 4. The molecule has 108 valence electrons. The number of benzene rings is 2. The van der Waals surface area contributed by atoms with Crippen LogP contribution < -0.4 is 4.74 Å². The highest BCUT2D eigenvalue weighted by atomic mass is 35.5. The average Bonchev–Trinajstić information content (AvgIpc) is 2.40. The van der Waals surface area contributed by atoms with Gasteiger partial charge in [-0.3, -0.25) is 20.2 Å². The molecule has 0 amide bonds. The van der Waals surface area contributed by atoms with Crippen molar-refractivity contribution in [3.63, 3.8) is 0 Å². The van der Waals surface area contributed by atoms with Crippen molar-refractivity contribution in [2.24, 2.45) is 0 Å². The normalized spacial score (nSPS) is 10.2. The smallest absolute Gasteiger partial charge is 0.272 e. The van der Waals surface area contributed by atoms with Gasteiger partial charge in [0.25, 0.3) is 11.4 Å². The molecule has 0 aliphatic carbocycles. The molecule has 7 nitrogen and oxygen atoms in total. The number of non-ortho nitro benzene ring substituents is 1. The predicted octanol–water partition coefficient (Wildman–Crippen LogP) is 4.26. The van der Waals surface area contributed by atoms with Gasteiger partial charge in [-0.15, -0.1) is 0 Å². The summed E-state index contributed by atoms with van der Waals surface area (Å²) in [5.74, 6) is 0.587. The first-order valence-corrected chi connectivity index (χ1v) is 6.13. The Labute approximate surface area is 124 Å². The fraction of sp³-hybridized carbons (Fsp3) is 0.0769. The van der Waals surface area contributed by atoms with Crippen molar-refractivity contribution in [3.05, 3.63) is 67.2 Å². The summed E-state index contributed by atoms with van der Waals surface area (Å²) in [6.07, 6.45) is 0. The zero-order valence-electron chi connectivity index (χ0n) is 10.8. The van der Waals surface area contributed by atoms with E-state index in [1.165, 1.54) is 36.4 Å². The molecule has 0 bridgehead atoms. The van der Waals surface area contributed by atoms with Crippen LogP contribution in [0.2, 0.25) is 5.02 Å². The molecular weight excluding hydrogens is 300 g/mol. The van der Waals surface area contributed by atoms with E-state index in [1.54, 1.807) is 6.92 Å². The lowest BCUT2D eigenvalue weighted by molar-refractivity contribution is -0.385. The Morgan fingerprint density at radius 3 is 2.29 bits per heavy atom. The molecule has 0 aromatic heterocycles. The fourth-order valence-corrected chi connectivity index (χ4v) is 1.92. The highest BCUT2D eigenvalue weighted by Gasteiger charge is 2.14.